The van der Waals surface area contributed by atoms with Crippen LogP contribution in [0.5, 0.6) is 0 Å². The summed E-state index contributed by atoms with van der Waals surface area (Å²) in [6.45, 7) is 5.79. The zero-order valence-corrected chi connectivity index (χ0v) is 9.39. The fraction of sp³-hybridized carbons (Fsp3) is 0.818. The molecule has 0 aromatic rings. The molecule has 0 aromatic carbocycles. The van der Waals surface area contributed by atoms with E-state index in [9.17, 15) is 5.11 Å². The van der Waals surface area contributed by atoms with Gasteiger partial charge in [0.1, 0.15) is 5.60 Å². The lowest BCUT2D eigenvalue weighted by molar-refractivity contribution is 0.117. The molecule has 76 valence electrons. The lowest BCUT2D eigenvalue weighted by Crippen LogP contribution is -2.27. The van der Waals surface area contributed by atoms with E-state index in [1.807, 2.05) is 21.0 Å². The van der Waals surface area contributed by atoms with Gasteiger partial charge in [0.05, 0.1) is 6.04 Å². The first-order valence-corrected chi connectivity index (χ1v) is 4.84. The van der Waals surface area contributed by atoms with E-state index >= 15 is 0 Å². The summed E-state index contributed by atoms with van der Waals surface area (Å²) >= 11 is 0. The van der Waals surface area contributed by atoms with Crippen molar-refractivity contribution in [2.45, 2.75) is 45.3 Å². The van der Waals surface area contributed by atoms with E-state index in [-0.39, 0.29) is 6.04 Å². The molecule has 0 bridgehead atoms. The van der Waals surface area contributed by atoms with Gasteiger partial charge in [0, 0.05) is 0 Å². The Kier molecular flexibility index (Phi) is 5.05. The third-order valence-electron chi connectivity index (χ3n) is 2.21. The minimum Gasteiger partial charge on any atom is -0.378 e. The van der Waals surface area contributed by atoms with Crippen molar-refractivity contribution in [2.75, 3.05) is 14.1 Å². The highest BCUT2D eigenvalue weighted by Gasteiger charge is 2.13. The van der Waals surface area contributed by atoms with Gasteiger partial charge in [0.15, 0.2) is 0 Å². The molecule has 0 amide bonds. The molecule has 0 fully saturated rings. The van der Waals surface area contributed by atoms with E-state index in [1.165, 1.54) is 0 Å². The van der Waals surface area contributed by atoms with Crippen LogP contribution in [-0.2, 0) is 0 Å². The molecule has 2 nitrogen and oxygen atoms in total. The Morgan fingerprint density at radius 1 is 1.38 bits per heavy atom. The highest BCUT2D eigenvalue weighted by atomic mass is 16.3. The monoisotopic (exact) mass is 183 g/mol. The quantitative estimate of drug-likeness (QED) is 0.670. The molecule has 1 N–H and O–H groups in total. The molecule has 2 heteroatoms. The molecular formula is C11H21NO. The van der Waals surface area contributed by atoms with E-state index < -0.39 is 5.60 Å². The number of nitrogens with zero attached hydrogens (tertiary/aromatic N) is 1. The first-order chi connectivity index (χ1) is 5.93. The highest BCUT2D eigenvalue weighted by Crippen LogP contribution is 2.06. The van der Waals surface area contributed by atoms with Crippen LogP contribution in [0, 0.1) is 11.8 Å². The maximum Gasteiger partial charge on any atom is 0.122 e. The molecule has 2 unspecified atom stereocenters. The van der Waals surface area contributed by atoms with Crippen LogP contribution in [-0.4, -0.2) is 35.7 Å². The van der Waals surface area contributed by atoms with E-state index in [0.717, 1.165) is 6.42 Å². The maximum atomic E-state index is 9.66. The Bertz CT molecular complexity index is 198. The van der Waals surface area contributed by atoms with E-state index in [4.69, 9.17) is 0 Å². The van der Waals surface area contributed by atoms with E-state index in [1.54, 1.807) is 6.92 Å². The topological polar surface area (TPSA) is 23.5 Å². The van der Waals surface area contributed by atoms with E-state index in [0.29, 0.717) is 6.42 Å². The van der Waals surface area contributed by atoms with E-state index in [2.05, 4.69) is 23.7 Å². The molecule has 2 atom stereocenters. The Hall–Kier alpha value is -0.520. The van der Waals surface area contributed by atoms with Crippen LogP contribution in [0.1, 0.15) is 33.6 Å². The summed E-state index contributed by atoms with van der Waals surface area (Å²) in [6.07, 6.45) is 1.66. The summed E-state index contributed by atoms with van der Waals surface area (Å²) in [4.78, 5) is 2.07. The Labute approximate surface area is 81.9 Å². The number of rotatable bonds is 3. The smallest absolute Gasteiger partial charge is 0.122 e. The van der Waals surface area contributed by atoms with Gasteiger partial charge in [-0.2, -0.15) is 0 Å². The van der Waals surface area contributed by atoms with Crippen molar-refractivity contribution in [3.8, 4) is 11.8 Å². The number of hydrogen-bond acceptors (Lipinski definition) is 2. The first-order valence-electron chi connectivity index (χ1n) is 4.84. The second kappa shape index (κ2) is 5.26. The average molecular weight is 183 g/mol. The largest absolute Gasteiger partial charge is 0.378 e. The fourth-order valence-electron chi connectivity index (χ4n) is 0.923. The van der Waals surface area contributed by atoms with Crippen LogP contribution < -0.4 is 0 Å². The van der Waals surface area contributed by atoms with Crippen molar-refractivity contribution in [3.63, 3.8) is 0 Å². The van der Waals surface area contributed by atoms with Gasteiger partial charge in [-0.15, -0.1) is 0 Å². The third kappa shape index (κ3) is 4.92. The van der Waals surface area contributed by atoms with Crippen molar-refractivity contribution in [1.82, 2.24) is 4.90 Å². The maximum absolute atomic E-state index is 9.66. The van der Waals surface area contributed by atoms with Crippen LogP contribution in [0.15, 0.2) is 0 Å². The fourth-order valence-corrected chi connectivity index (χ4v) is 0.923. The molecule has 13 heavy (non-hydrogen) atoms. The average Bonchev–Trinajstić information content (AvgIpc) is 2.05. The molecule has 0 saturated carbocycles. The SMILES string of the molecule is CCC(C#CC(C)(O)CC)N(C)C. The van der Waals surface area contributed by atoms with Crippen LogP contribution in [0.2, 0.25) is 0 Å². The summed E-state index contributed by atoms with van der Waals surface area (Å²) in [5.74, 6) is 5.99. The van der Waals surface area contributed by atoms with Crippen molar-refractivity contribution in [3.05, 3.63) is 0 Å². The summed E-state index contributed by atoms with van der Waals surface area (Å²) in [5, 5.41) is 9.66. The summed E-state index contributed by atoms with van der Waals surface area (Å²) in [6, 6.07) is 0.248. The molecule has 0 aliphatic heterocycles. The molecule has 0 heterocycles. The second-order valence-corrected chi connectivity index (χ2v) is 3.78. The highest BCUT2D eigenvalue weighted by molar-refractivity contribution is 5.15. The van der Waals surface area contributed by atoms with Crippen molar-refractivity contribution >= 4 is 0 Å². The molecule has 0 aromatic heterocycles. The van der Waals surface area contributed by atoms with Gasteiger partial charge in [-0.3, -0.25) is 4.90 Å². The molecule has 0 aliphatic rings. The molecule has 0 rings (SSSR count). The van der Waals surface area contributed by atoms with Crippen molar-refractivity contribution < 1.29 is 5.11 Å². The lowest BCUT2D eigenvalue weighted by atomic mass is 10.0. The molecule has 0 spiro atoms. The first kappa shape index (κ1) is 12.5. The minimum atomic E-state index is -0.830. The molecule has 0 saturated heterocycles. The Morgan fingerprint density at radius 2 is 1.92 bits per heavy atom. The van der Waals surface area contributed by atoms with Gasteiger partial charge in [-0.25, -0.2) is 0 Å². The minimum absolute atomic E-state index is 0.248. The Balaban J connectivity index is 4.36. The zero-order valence-electron chi connectivity index (χ0n) is 9.39. The van der Waals surface area contributed by atoms with Gasteiger partial charge in [-0.05, 0) is 33.9 Å². The van der Waals surface area contributed by atoms with Crippen molar-refractivity contribution in [1.29, 1.82) is 0 Å². The van der Waals surface area contributed by atoms with Gasteiger partial charge < -0.3 is 5.11 Å². The summed E-state index contributed by atoms with van der Waals surface area (Å²) in [7, 11) is 4.01. The van der Waals surface area contributed by atoms with Gasteiger partial charge in [-0.1, -0.05) is 25.7 Å². The van der Waals surface area contributed by atoms with Crippen LogP contribution in [0.3, 0.4) is 0 Å². The molecular weight excluding hydrogens is 162 g/mol. The number of hydrogen-bond donors (Lipinski definition) is 1. The van der Waals surface area contributed by atoms with Crippen LogP contribution in [0.4, 0.5) is 0 Å². The molecule has 0 radical (unpaired) electrons. The van der Waals surface area contributed by atoms with Gasteiger partial charge in [0.25, 0.3) is 0 Å². The van der Waals surface area contributed by atoms with Crippen LogP contribution in [0.25, 0.3) is 0 Å². The zero-order chi connectivity index (χ0) is 10.5. The lowest BCUT2D eigenvalue weighted by Gasteiger charge is -2.18. The standard InChI is InChI=1S/C11H21NO/c1-6-10(12(4)5)8-9-11(3,13)7-2/h10,13H,6-7H2,1-5H3. The molecule has 0 aliphatic carbocycles. The predicted octanol–water partition coefficient (Wildman–Crippen LogP) is 1.49. The normalized spacial score (nSPS) is 17.5. The van der Waals surface area contributed by atoms with Crippen LogP contribution >= 0.6 is 0 Å². The second-order valence-electron chi connectivity index (χ2n) is 3.78. The predicted molar refractivity (Wildman–Crippen MR) is 56.5 cm³/mol. The van der Waals surface area contributed by atoms with Crippen molar-refractivity contribution in [2.24, 2.45) is 0 Å². The number of aliphatic hydroxyl groups is 1. The van der Waals surface area contributed by atoms with Gasteiger partial charge in [0.2, 0.25) is 0 Å². The summed E-state index contributed by atoms with van der Waals surface area (Å²) < 4.78 is 0. The summed E-state index contributed by atoms with van der Waals surface area (Å²) in [5.41, 5.74) is -0.830. The Morgan fingerprint density at radius 3 is 2.23 bits per heavy atom. The third-order valence-corrected chi connectivity index (χ3v) is 2.21. The van der Waals surface area contributed by atoms with Gasteiger partial charge >= 0.3 is 0 Å².